The van der Waals surface area contributed by atoms with Gasteiger partial charge in [0.2, 0.25) is 0 Å². The first-order chi connectivity index (χ1) is 17.4. The van der Waals surface area contributed by atoms with Gasteiger partial charge in [-0.05, 0) is 68.3 Å². The van der Waals surface area contributed by atoms with Gasteiger partial charge in [-0.1, -0.05) is 12.1 Å². The van der Waals surface area contributed by atoms with Gasteiger partial charge in [-0.2, -0.15) is 5.26 Å². The molecular formula is C28H34FN5O2. The third-order valence-electron chi connectivity index (χ3n) is 8.83. The number of benzene rings is 1. The quantitative estimate of drug-likeness (QED) is 0.535. The summed E-state index contributed by atoms with van der Waals surface area (Å²) in [5.74, 6) is 0.0707. The number of fused-ring (bicyclic) bond motifs is 4. The summed E-state index contributed by atoms with van der Waals surface area (Å²) in [4.78, 5) is 6.92. The highest BCUT2D eigenvalue weighted by atomic mass is 19.1. The van der Waals surface area contributed by atoms with E-state index in [4.69, 9.17) is 4.74 Å². The third-order valence-corrected chi connectivity index (χ3v) is 8.83. The molecule has 1 aromatic heterocycles. The minimum absolute atomic E-state index is 0.0467. The maximum absolute atomic E-state index is 15.2. The van der Waals surface area contributed by atoms with E-state index < -0.39 is 12.3 Å². The van der Waals surface area contributed by atoms with Crippen LogP contribution in [-0.4, -0.2) is 59.5 Å². The fourth-order valence-electron chi connectivity index (χ4n) is 6.66. The molecule has 4 aliphatic rings. The predicted molar refractivity (Wildman–Crippen MR) is 133 cm³/mol. The van der Waals surface area contributed by atoms with Crippen molar-refractivity contribution < 1.29 is 14.2 Å². The molecule has 0 radical (unpaired) electrons. The second kappa shape index (κ2) is 9.47. The van der Waals surface area contributed by atoms with E-state index in [0.717, 1.165) is 56.5 Å². The summed E-state index contributed by atoms with van der Waals surface area (Å²) in [5.41, 5.74) is 3.92. The van der Waals surface area contributed by atoms with Crippen molar-refractivity contribution in [2.45, 2.75) is 75.1 Å². The Morgan fingerprint density at radius 2 is 2.17 bits per heavy atom. The van der Waals surface area contributed by atoms with Crippen LogP contribution < -0.4 is 10.6 Å². The van der Waals surface area contributed by atoms with Gasteiger partial charge in [-0.25, -0.2) is 4.39 Å². The molecule has 8 heteroatoms. The van der Waals surface area contributed by atoms with Crippen molar-refractivity contribution in [3.8, 4) is 17.3 Å². The molecule has 36 heavy (non-hydrogen) atoms. The first kappa shape index (κ1) is 24.0. The van der Waals surface area contributed by atoms with E-state index in [2.05, 4.69) is 39.7 Å². The summed E-state index contributed by atoms with van der Waals surface area (Å²) in [5, 5.41) is 26.8. The Morgan fingerprint density at radius 3 is 2.86 bits per heavy atom. The number of nitrogens with one attached hydrogen (secondary N) is 2. The Bertz CT molecular complexity index is 1180. The van der Waals surface area contributed by atoms with E-state index >= 15 is 4.39 Å². The van der Waals surface area contributed by atoms with Gasteiger partial charge in [0.15, 0.2) is 0 Å². The van der Waals surface area contributed by atoms with Gasteiger partial charge in [-0.15, -0.1) is 0 Å². The highest BCUT2D eigenvalue weighted by molar-refractivity contribution is 5.62. The van der Waals surface area contributed by atoms with Gasteiger partial charge in [0.1, 0.15) is 18.1 Å². The van der Waals surface area contributed by atoms with Gasteiger partial charge in [0.25, 0.3) is 0 Å². The molecule has 190 valence electrons. The minimum atomic E-state index is -0.822. The van der Waals surface area contributed by atoms with E-state index in [1.807, 2.05) is 12.3 Å². The fourth-order valence-corrected chi connectivity index (χ4v) is 6.66. The number of piperidine rings is 2. The van der Waals surface area contributed by atoms with Crippen LogP contribution in [0, 0.1) is 23.1 Å². The molecule has 3 aliphatic heterocycles. The Hall–Kier alpha value is -2.41. The molecule has 6 rings (SSSR count). The van der Waals surface area contributed by atoms with Gasteiger partial charge < -0.3 is 20.1 Å². The molecule has 3 N–H and O–H groups in total. The molecule has 0 amide bonds. The maximum Gasteiger partial charge on any atom is 0.127 e. The number of pyridine rings is 1. The molecule has 1 saturated carbocycles. The molecule has 1 spiro atoms. The molecule has 5 atom stereocenters. The molecule has 1 aromatic carbocycles. The molecule has 2 saturated heterocycles. The molecule has 2 aromatic rings. The highest BCUT2D eigenvalue weighted by Gasteiger charge is 2.43. The molecule has 1 aliphatic carbocycles. The van der Waals surface area contributed by atoms with Crippen molar-refractivity contribution in [1.29, 1.82) is 5.26 Å². The summed E-state index contributed by atoms with van der Waals surface area (Å²) in [6, 6.07) is 9.11. The summed E-state index contributed by atoms with van der Waals surface area (Å²) in [7, 11) is 2.13. The Morgan fingerprint density at radius 1 is 1.33 bits per heavy atom. The maximum atomic E-state index is 15.2. The second-order valence-electron chi connectivity index (χ2n) is 11.1. The van der Waals surface area contributed by atoms with Crippen LogP contribution >= 0.6 is 0 Å². The van der Waals surface area contributed by atoms with Crippen LogP contribution in [0.15, 0.2) is 30.5 Å². The van der Waals surface area contributed by atoms with Gasteiger partial charge in [0.05, 0.1) is 24.0 Å². The zero-order chi connectivity index (χ0) is 24.9. The number of aromatic nitrogens is 1. The standard InChI is InChI=1S/C28H34FN5O2/c1-34-8-6-28(7-9-34)23-13-25(31-15-20(23)16-36-28)18-3-2-17(24(29)12-18)10-22(14-30)33-27(35)26-19-4-5-21(11-19)32-26/h2-3,12-13,15,19,21-22,26-27,32-33,35H,4-11,16H2,1H3/t19-,21+,22-,26-,27?/m0/s1. The Labute approximate surface area is 211 Å². The summed E-state index contributed by atoms with van der Waals surface area (Å²) in [6.07, 6.45) is 6.45. The zero-order valence-electron chi connectivity index (χ0n) is 20.7. The van der Waals surface area contributed by atoms with Crippen LogP contribution in [0.4, 0.5) is 4.39 Å². The monoisotopic (exact) mass is 491 g/mol. The van der Waals surface area contributed by atoms with Crippen molar-refractivity contribution in [3.05, 3.63) is 53.0 Å². The Balaban J connectivity index is 1.16. The number of hydrogen-bond donors (Lipinski definition) is 3. The lowest BCUT2D eigenvalue weighted by molar-refractivity contribution is -0.0755. The van der Waals surface area contributed by atoms with Crippen LogP contribution in [0.25, 0.3) is 11.3 Å². The van der Waals surface area contributed by atoms with E-state index in [9.17, 15) is 10.4 Å². The van der Waals surface area contributed by atoms with E-state index in [1.54, 1.807) is 6.07 Å². The smallest absolute Gasteiger partial charge is 0.127 e. The summed E-state index contributed by atoms with van der Waals surface area (Å²) >= 11 is 0. The lowest BCUT2D eigenvalue weighted by Gasteiger charge is -2.37. The average molecular weight is 492 g/mol. The Kier molecular flexibility index (Phi) is 6.30. The molecule has 2 bridgehead atoms. The lowest BCUT2D eigenvalue weighted by Crippen LogP contribution is -2.53. The molecular weight excluding hydrogens is 457 g/mol. The lowest BCUT2D eigenvalue weighted by atomic mass is 9.84. The number of rotatable bonds is 6. The number of aliphatic hydroxyl groups is 1. The van der Waals surface area contributed by atoms with Crippen molar-refractivity contribution >= 4 is 0 Å². The van der Waals surface area contributed by atoms with E-state index in [0.29, 0.717) is 29.7 Å². The molecule has 1 unspecified atom stereocenters. The number of nitriles is 1. The van der Waals surface area contributed by atoms with Crippen LogP contribution in [0.1, 0.15) is 48.8 Å². The summed E-state index contributed by atoms with van der Waals surface area (Å²) in [6.45, 7) is 2.55. The summed E-state index contributed by atoms with van der Waals surface area (Å²) < 4.78 is 21.5. The fraction of sp³-hybridized carbons (Fsp3) is 0.571. The van der Waals surface area contributed by atoms with Crippen LogP contribution in [0.3, 0.4) is 0 Å². The number of ether oxygens (including phenoxy) is 1. The predicted octanol–water partition coefficient (Wildman–Crippen LogP) is 2.82. The largest absolute Gasteiger partial charge is 0.377 e. The van der Waals surface area contributed by atoms with Crippen LogP contribution in [-0.2, 0) is 23.4 Å². The number of hydrogen-bond acceptors (Lipinski definition) is 7. The normalized spacial score (nSPS) is 28.2. The van der Waals surface area contributed by atoms with Gasteiger partial charge in [-0.3, -0.25) is 10.3 Å². The van der Waals surface area contributed by atoms with Crippen molar-refractivity contribution in [2.75, 3.05) is 20.1 Å². The van der Waals surface area contributed by atoms with Crippen molar-refractivity contribution in [3.63, 3.8) is 0 Å². The molecule has 3 fully saturated rings. The first-order valence-corrected chi connectivity index (χ1v) is 13.1. The van der Waals surface area contributed by atoms with Crippen LogP contribution in [0.2, 0.25) is 0 Å². The molecule has 7 nitrogen and oxygen atoms in total. The SMILES string of the molecule is CN1CCC2(CC1)OCc1cnc(-c3ccc(C[C@@H](C#N)NC(O)[C@H]4N[C@@H]5CC[C@H]4C5)c(F)c3)cc12. The van der Waals surface area contributed by atoms with E-state index in [-0.39, 0.29) is 23.9 Å². The topological polar surface area (TPSA) is 93.4 Å². The number of nitrogens with zero attached hydrogens (tertiary/aromatic N) is 3. The number of halogens is 1. The molecule has 4 heterocycles. The van der Waals surface area contributed by atoms with E-state index in [1.165, 1.54) is 11.6 Å². The van der Waals surface area contributed by atoms with Gasteiger partial charge in [0, 0.05) is 48.9 Å². The van der Waals surface area contributed by atoms with Crippen molar-refractivity contribution in [2.24, 2.45) is 5.92 Å². The minimum Gasteiger partial charge on any atom is -0.377 e. The number of aliphatic hydroxyl groups excluding tert-OH is 1. The van der Waals surface area contributed by atoms with Crippen LogP contribution in [0.5, 0.6) is 0 Å². The number of likely N-dealkylation sites (tertiary alicyclic amines) is 1. The highest BCUT2D eigenvalue weighted by Crippen LogP contribution is 2.44. The second-order valence-corrected chi connectivity index (χ2v) is 11.1. The average Bonchev–Trinajstić information content (AvgIpc) is 3.62. The van der Waals surface area contributed by atoms with Gasteiger partial charge >= 0.3 is 0 Å². The first-order valence-electron chi connectivity index (χ1n) is 13.1. The van der Waals surface area contributed by atoms with Crippen molar-refractivity contribution in [1.82, 2.24) is 20.5 Å². The third kappa shape index (κ3) is 4.33. The zero-order valence-corrected chi connectivity index (χ0v) is 20.7.